The third-order valence-electron chi connectivity index (χ3n) is 13.0. The third kappa shape index (κ3) is 6.48. The van der Waals surface area contributed by atoms with Crippen LogP contribution in [0, 0.1) is 0 Å². The molecule has 0 unspecified atom stereocenters. The Bertz CT molecular complexity index is 3400. The van der Waals surface area contributed by atoms with Gasteiger partial charge in [0, 0.05) is 0 Å². The average Bonchev–Trinajstić information content (AvgIpc) is 3.38. The van der Waals surface area contributed by atoms with Crippen molar-refractivity contribution in [2.45, 2.75) is 0 Å². The highest BCUT2D eigenvalue weighted by atomic mass is 14.2. The van der Waals surface area contributed by atoms with Crippen molar-refractivity contribution in [3.05, 3.63) is 255 Å². The molecule has 0 spiro atoms. The fourth-order valence-electron chi connectivity index (χ4n) is 10.1. The van der Waals surface area contributed by atoms with E-state index in [9.17, 15) is 0 Å². The van der Waals surface area contributed by atoms with Crippen molar-refractivity contribution < 1.29 is 0 Å². The summed E-state index contributed by atoms with van der Waals surface area (Å²) >= 11 is 0. The van der Waals surface area contributed by atoms with E-state index >= 15 is 0 Å². The highest BCUT2D eigenvalue weighted by molar-refractivity contribution is 6.24. The molecule has 0 heterocycles. The molecule has 12 rings (SSSR count). The second kappa shape index (κ2) is 15.9. The van der Waals surface area contributed by atoms with Crippen molar-refractivity contribution in [3.63, 3.8) is 0 Å². The van der Waals surface area contributed by atoms with Crippen molar-refractivity contribution in [2.24, 2.45) is 0 Å². The summed E-state index contributed by atoms with van der Waals surface area (Å²) < 4.78 is 0. The molecule has 0 bridgehead atoms. The monoisotopic (exact) mass is 810 g/mol. The lowest BCUT2D eigenvalue weighted by atomic mass is 9.82. The lowest BCUT2D eigenvalue weighted by Crippen LogP contribution is -1.94. The van der Waals surface area contributed by atoms with Crippen LogP contribution in [0.2, 0.25) is 0 Å². The van der Waals surface area contributed by atoms with Crippen molar-refractivity contribution in [1.82, 2.24) is 0 Å². The molecule has 0 radical (unpaired) electrons. The van der Waals surface area contributed by atoms with Crippen LogP contribution >= 0.6 is 0 Å². The van der Waals surface area contributed by atoms with Crippen LogP contribution in [0.4, 0.5) is 0 Å². The van der Waals surface area contributed by atoms with E-state index < -0.39 is 0 Å². The van der Waals surface area contributed by atoms with Gasteiger partial charge in [-0.15, -0.1) is 0 Å². The molecule has 0 atom stereocenters. The molecular formula is C64H42. The summed E-state index contributed by atoms with van der Waals surface area (Å²) in [5.41, 5.74) is 17.0. The molecule has 298 valence electrons. The maximum absolute atomic E-state index is 2.45. The number of hydrogen-bond acceptors (Lipinski definition) is 0. The molecule has 64 heavy (non-hydrogen) atoms. The van der Waals surface area contributed by atoms with Crippen LogP contribution < -0.4 is 0 Å². The first-order chi connectivity index (χ1) is 31.8. The van der Waals surface area contributed by atoms with E-state index in [2.05, 4.69) is 255 Å². The number of benzene rings is 12. The Morgan fingerprint density at radius 2 is 0.312 bits per heavy atom. The van der Waals surface area contributed by atoms with Gasteiger partial charge in [-0.1, -0.05) is 231 Å². The first kappa shape index (κ1) is 37.4. The SMILES string of the molecule is c1ccc(-c2ccc3c(c2)c(-c2ccccc2)c(-c2ccccc2)c2cc(-c4ccc5c(c4)c(-c4ccccc4)c(-c4ccccc4)c4cc(-c6ccccc6)ccc45)ccc23)cc1. The molecule has 12 aromatic carbocycles. The smallest absolute Gasteiger partial charge is 0.00201 e. The first-order valence-electron chi connectivity index (χ1n) is 22.2. The fourth-order valence-corrected chi connectivity index (χ4v) is 10.1. The normalized spacial score (nSPS) is 11.4. The topological polar surface area (TPSA) is 0 Å². The Morgan fingerprint density at radius 1 is 0.125 bits per heavy atom. The minimum atomic E-state index is 1.19. The average molecular weight is 811 g/mol. The van der Waals surface area contributed by atoms with Crippen molar-refractivity contribution in [1.29, 1.82) is 0 Å². The lowest BCUT2D eigenvalue weighted by Gasteiger charge is -2.21. The van der Waals surface area contributed by atoms with Gasteiger partial charge in [0.2, 0.25) is 0 Å². The summed E-state index contributed by atoms with van der Waals surface area (Å²) in [4.78, 5) is 0. The Balaban J connectivity index is 1.16. The van der Waals surface area contributed by atoms with Crippen LogP contribution in [0.5, 0.6) is 0 Å². The van der Waals surface area contributed by atoms with Crippen LogP contribution in [0.1, 0.15) is 0 Å². The lowest BCUT2D eigenvalue weighted by molar-refractivity contribution is 1.61. The largest absolute Gasteiger partial charge is 0.0622 e. The summed E-state index contributed by atoms with van der Waals surface area (Å²) in [6.07, 6.45) is 0. The number of fused-ring (bicyclic) bond motifs is 6. The van der Waals surface area contributed by atoms with E-state index in [-0.39, 0.29) is 0 Å². The highest BCUT2D eigenvalue weighted by Crippen LogP contribution is 2.49. The Hall–Kier alpha value is -8.32. The van der Waals surface area contributed by atoms with Crippen molar-refractivity contribution in [2.75, 3.05) is 0 Å². The van der Waals surface area contributed by atoms with Gasteiger partial charge < -0.3 is 0 Å². The minimum absolute atomic E-state index is 1.19. The maximum atomic E-state index is 2.45. The molecule has 0 N–H and O–H groups in total. The molecule has 0 aliphatic heterocycles. The summed E-state index contributed by atoms with van der Waals surface area (Å²) in [5.74, 6) is 0. The van der Waals surface area contributed by atoms with Gasteiger partial charge in [0.1, 0.15) is 0 Å². The Labute approximate surface area is 374 Å². The van der Waals surface area contributed by atoms with Crippen molar-refractivity contribution >= 4 is 43.1 Å². The molecule has 0 nitrogen and oxygen atoms in total. The molecule has 0 aliphatic rings. The van der Waals surface area contributed by atoms with Gasteiger partial charge in [0.15, 0.2) is 0 Å². The second-order valence-corrected chi connectivity index (χ2v) is 16.7. The third-order valence-corrected chi connectivity index (χ3v) is 13.0. The molecule has 12 aromatic rings. The number of hydrogen-bond donors (Lipinski definition) is 0. The second-order valence-electron chi connectivity index (χ2n) is 16.7. The molecule has 0 aliphatic carbocycles. The summed E-state index contributed by atoms with van der Waals surface area (Å²) in [5, 5.41) is 9.97. The molecule has 0 heteroatoms. The minimum Gasteiger partial charge on any atom is -0.0622 e. The predicted octanol–water partition coefficient (Wildman–Crippen LogP) is 18.0. The Kier molecular flexibility index (Phi) is 9.28. The zero-order valence-electron chi connectivity index (χ0n) is 35.2. The maximum Gasteiger partial charge on any atom is -0.00201 e. The fraction of sp³-hybridized carbons (Fsp3) is 0. The quantitative estimate of drug-likeness (QED) is 0.141. The van der Waals surface area contributed by atoms with E-state index in [0.717, 1.165) is 0 Å². The molecule has 0 fully saturated rings. The van der Waals surface area contributed by atoms with E-state index in [0.29, 0.717) is 0 Å². The molecule has 0 aromatic heterocycles. The zero-order chi connectivity index (χ0) is 42.4. The van der Waals surface area contributed by atoms with E-state index in [4.69, 9.17) is 0 Å². The van der Waals surface area contributed by atoms with Crippen LogP contribution in [-0.2, 0) is 0 Å². The van der Waals surface area contributed by atoms with Gasteiger partial charge in [-0.3, -0.25) is 0 Å². The van der Waals surface area contributed by atoms with Gasteiger partial charge in [-0.2, -0.15) is 0 Å². The van der Waals surface area contributed by atoms with Crippen LogP contribution in [0.3, 0.4) is 0 Å². The summed E-state index contributed by atoms with van der Waals surface area (Å²) in [7, 11) is 0. The number of rotatable bonds is 7. The van der Waals surface area contributed by atoms with Gasteiger partial charge in [-0.25, -0.2) is 0 Å². The van der Waals surface area contributed by atoms with Gasteiger partial charge in [0.25, 0.3) is 0 Å². The summed E-state index contributed by atoms with van der Waals surface area (Å²) in [6, 6.07) is 93.7. The standard InChI is InChI=1S/C64H42/c1-7-19-43(20-8-1)49-31-35-53-55-37-33-51(41-59(55)63(47-27-15-5-16-28-47)61(57(53)39-49)45-23-11-3-12-24-45)52-34-38-56-54-36-32-50(44-21-9-2-10-22-44)40-58(54)62(46-25-13-4-14-26-46)64(60(56)42-52)48-29-17-6-18-30-48/h1-42H. The molecular weight excluding hydrogens is 769 g/mol. The first-order valence-corrected chi connectivity index (χ1v) is 22.2. The highest BCUT2D eigenvalue weighted by Gasteiger charge is 2.22. The zero-order valence-corrected chi connectivity index (χ0v) is 35.2. The molecule has 0 amide bonds. The van der Waals surface area contributed by atoms with Crippen LogP contribution in [0.15, 0.2) is 255 Å². The van der Waals surface area contributed by atoms with Gasteiger partial charge in [0.05, 0.1) is 0 Å². The van der Waals surface area contributed by atoms with Crippen LogP contribution in [-0.4, -0.2) is 0 Å². The van der Waals surface area contributed by atoms with Gasteiger partial charge in [-0.05, 0) is 145 Å². The predicted molar refractivity (Wildman–Crippen MR) is 275 cm³/mol. The Morgan fingerprint density at radius 3 is 0.531 bits per heavy atom. The van der Waals surface area contributed by atoms with Crippen molar-refractivity contribution in [3.8, 4) is 77.9 Å². The molecule has 0 saturated carbocycles. The summed E-state index contributed by atoms with van der Waals surface area (Å²) in [6.45, 7) is 0. The van der Waals surface area contributed by atoms with E-state index in [1.54, 1.807) is 0 Å². The molecule has 0 saturated heterocycles. The van der Waals surface area contributed by atoms with Crippen LogP contribution in [0.25, 0.3) is 121 Å². The van der Waals surface area contributed by atoms with E-state index in [1.165, 1.54) is 121 Å². The van der Waals surface area contributed by atoms with Gasteiger partial charge >= 0.3 is 0 Å². The van der Waals surface area contributed by atoms with E-state index in [1.807, 2.05) is 0 Å².